The van der Waals surface area contributed by atoms with Gasteiger partial charge in [0.1, 0.15) is 18.4 Å². The first-order chi connectivity index (χ1) is 16.1. The van der Waals surface area contributed by atoms with Crippen molar-refractivity contribution in [1.29, 1.82) is 0 Å². The number of carbonyl (C=O) groups is 2. The molecule has 1 N–H and O–H groups in total. The zero-order valence-corrected chi connectivity index (χ0v) is 18.4. The molecule has 0 aliphatic heterocycles. The van der Waals surface area contributed by atoms with Crippen molar-refractivity contribution in [3.8, 4) is 5.75 Å². The maximum absolute atomic E-state index is 12.8. The molecule has 5 nitrogen and oxygen atoms in total. The molecule has 0 unspecified atom stereocenters. The lowest BCUT2D eigenvalue weighted by atomic mass is 10.0. The van der Waals surface area contributed by atoms with E-state index in [0.717, 1.165) is 27.6 Å². The Morgan fingerprint density at radius 2 is 1.48 bits per heavy atom. The smallest absolute Gasteiger partial charge is 0.328 e. The SMILES string of the molecule is COC(=O)[C@H](Cc1ccc(OCc2ccccc2)cc1)NC(=O)c1ccc2ccccc2c1. The molecule has 1 atom stereocenters. The molecule has 0 fully saturated rings. The van der Waals surface area contributed by atoms with Crippen LogP contribution < -0.4 is 10.1 Å². The summed E-state index contributed by atoms with van der Waals surface area (Å²) in [7, 11) is 1.32. The summed E-state index contributed by atoms with van der Waals surface area (Å²) in [6.07, 6.45) is 0.310. The maximum Gasteiger partial charge on any atom is 0.328 e. The van der Waals surface area contributed by atoms with Crippen LogP contribution in [0.5, 0.6) is 5.75 Å². The summed E-state index contributed by atoms with van der Waals surface area (Å²) in [4.78, 5) is 25.2. The quantitative estimate of drug-likeness (QED) is 0.395. The lowest BCUT2D eigenvalue weighted by Gasteiger charge is -2.17. The highest BCUT2D eigenvalue weighted by Crippen LogP contribution is 2.18. The van der Waals surface area contributed by atoms with Crippen molar-refractivity contribution in [2.75, 3.05) is 7.11 Å². The van der Waals surface area contributed by atoms with Gasteiger partial charge in [0.15, 0.2) is 0 Å². The molecule has 166 valence electrons. The summed E-state index contributed by atoms with van der Waals surface area (Å²) in [6, 6.07) is 29.9. The molecule has 5 heteroatoms. The topological polar surface area (TPSA) is 64.6 Å². The van der Waals surface area contributed by atoms with E-state index in [1.807, 2.05) is 91.0 Å². The molecule has 0 aliphatic carbocycles. The second kappa shape index (κ2) is 10.5. The van der Waals surface area contributed by atoms with Crippen molar-refractivity contribution in [1.82, 2.24) is 5.32 Å². The van der Waals surface area contributed by atoms with Crippen LogP contribution in [0.4, 0.5) is 0 Å². The lowest BCUT2D eigenvalue weighted by Crippen LogP contribution is -2.43. The van der Waals surface area contributed by atoms with Gasteiger partial charge in [0.2, 0.25) is 0 Å². The second-order valence-corrected chi connectivity index (χ2v) is 7.73. The number of amides is 1. The minimum atomic E-state index is -0.801. The molecule has 0 radical (unpaired) electrons. The predicted molar refractivity (Wildman–Crippen MR) is 128 cm³/mol. The van der Waals surface area contributed by atoms with Crippen molar-refractivity contribution in [3.63, 3.8) is 0 Å². The fourth-order valence-corrected chi connectivity index (χ4v) is 3.61. The number of rotatable bonds is 8. The average molecular weight is 440 g/mol. The van der Waals surface area contributed by atoms with Crippen LogP contribution >= 0.6 is 0 Å². The number of carbonyl (C=O) groups excluding carboxylic acids is 2. The number of nitrogens with one attached hydrogen (secondary N) is 1. The zero-order valence-electron chi connectivity index (χ0n) is 18.4. The fourth-order valence-electron chi connectivity index (χ4n) is 3.61. The van der Waals surface area contributed by atoms with Crippen LogP contribution in [0.2, 0.25) is 0 Å². The van der Waals surface area contributed by atoms with Crippen LogP contribution in [-0.2, 0) is 22.6 Å². The van der Waals surface area contributed by atoms with Crippen molar-refractivity contribution in [2.45, 2.75) is 19.1 Å². The highest BCUT2D eigenvalue weighted by molar-refractivity contribution is 6.00. The van der Waals surface area contributed by atoms with Gasteiger partial charge in [-0.05, 0) is 46.2 Å². The zero-order chi connectivity index (χ0) is 23.0. The first kappa shape index (κ1) is 22.1. The van der Waals surface area contributed by atoms with Crippen LogP contribution in [-0.4, -0.2) is 25.0 Å². The molecule has 0 bridgehead atoms. The van der Waals surface area contributed by atoms with Crippen LogP contribution in [0.3, 0.4) is 0 Å². The molecule has 0 aliphatic rings. The van der Waals surface area contributed by atoms with Crippen LogP contribution in [0.1, 0.15) is 21.5 Å². The number of benzene rings is 4. The van der Waals surface area contributed by atoms with E-state index < -0.39 is 12.0 Å². The van der Waals surface area contributed by atoms with Crippen molar-refractivity contribution < 1.29 is 19.1 Å². The molecule has 4 aromatic carbocycles. The Morgan fingerprint density at radius 1 is 0.788 bits per heavy atom. The first-order valence-corrected chi connectivity index (χ1v) is 10.8. The normalized spacial score (nSPS) is 11.5. The molecule has 33 heavy (non-hydrogen) atoms. The molecular formula is C28H25NO4. The van der Waals surface area contributed by atoms with Crippen LogP contribution in [0.25, 0.3) is 10.8 Å². The van der Waals surface area contributed by atoms with E-state index in [-0.39, 0.29) is 5.91 Å². The number of esters is 1. The number of methoxy groups -OCH3 is 1. The van der Waals surface area contributed by atoms with Crippen LogP contribution in [0.15, 0.2) is 97.1 Å². The largest absolute Gasteiger partial charge is 0.489 e. The third-order valence-corrected chi connectivity index (χ3v) is 5.41. The fraction of sp³-hybridized carbons (Fsp3) is 0.143. The third-order valence-electron chi connectivity index (χ3n) is 5.41. The summed E-state index contributed by atoms with van der Waals surface area (Å²) in [5.41, 5.74) is 2.47. The molecular weight excluding hydrogens is 414 g/mol. The number of hydrogen-bond donors (Lipinski definition) is 1. The van der Waals surface area contributed by atoms with Gasteiger partial charge in [0, 0.05) is 12.0 Å². The Bertz CT molecular complexity index is 1240. The van der Waals surface area contributed by atoms with E-state index in [0.29, 0.717) is 18.6 Å². The summed E-state index contributed by atoms with van der Waals surface area (Å²) in [5, 5.41) is 4.83. The highest BCUT2D eigenvalue weighted by Gasteiger charge is 2.23. The third kappa shape index (κ3) is 5.77. The van der Waals surface area contributed by atoms with Gasteiger partial charge < -0.3 is 14.8 Å². The van der Waals surface area contributed by atoms with Gasteiger partial charge >= 0.3 is 5.97 Å². The van der Waals surface area contributed by atoms with Crippen molar-refractivity contribution >= 4 is 22.6 Å². The van der Waals surface area contributed by atoms with Gasteiger partial charge in [0.05, 0.1) is 7.11 Å². The molecule has 1 amide bonds. The molecule has 0 aromatic heterocycles. The first-order valence-electron chi connectivity index (χ1n) is 10.8. The van der Waals surface area contributed by atoms with E-state index in [9.17, 15) is 9.59 Å². The Balaban J connectivity index is 1.41. The molecule has 0 spiro atoms. The molecule has 0 saturated carbocycles. The summed E-state index contributed by atoms with van der Waals surface area (Å²) in [5.74, 6) is -0.0788. The standard InChI is InChI=1S/C28H25NO4/c1-32-28(31)26(29-27(30)24-14-13-22-9-5-6-10-23(22)18-24)17-20-11-15-25(16-12-20)33-19-21-7-3-2-4-8-21/h2-16,18,26H,17,19H2,1H3,(H,29,30)/t26-/m0/s1. The van der Waals surface area contributed by atoms with Gasteiger partial charge in [-0.1, -0.05) is 72.8 Å². The van der Waals surface area contributed by atoms with E-state index >= 15 is 0 Å². The van der Waals surface area contributed by atoms with Gasteiger partial charge in [-0.25, -0.2) is 4.79 Å². The summed E-state index contributed by atoms with van der Waals surface area (Å²) in [6.45, 7) is 0.479. The molecule has 0 heterocycles. The predicted octanol–water partition coefficient (Wildman–Crippen LogP) is 4.93. The maximum atomic E-state index is 12.8. The van der Waals surface area contributed by atoms with E-state index in [1.165, 1.54) is 7.11 Å². The summed E-state index contributed by atoms with van der Waals surface area (Å²) < 4.78 is 10.7. The Morgan fingerprint density at radius 3 is 2.21 bits per heavy atom. The molecule has 4 aromatic rings. The minimum absolute atomic E-state index is 0.310. The second-order valence-electron chi connectivity index (χ2n) is 7.73. The van der Waals surface area contributed by atoms with E-state index in [4.69, 9.17) is 9.47 Å². The summed E-state index contributed by atoms with van der Waals surface area (Å²) >= 11 is 0. The lowest BCUT2D eigenvalue weighted by molar-refractivity contribution is -0.142. The monoisotopic (exact) mass is 439 g/mol. The molecule has 0 saturated heterocycles. The van der Waals surface area contributed by atoms with Gasteiger partial charge in [-0.2, -0.15) is 0 Å². The van der Waals surface area contributed by atoms with Crippen molar-refractivity contribution in [2.24, 2.45) is 0 Å². The number of fused-ring (bicyclic) bond motifs is 1. The average Bonchev–Trinajstić information content (AvgIpc) is 2.87. The van der Waals surface area contributed by atoms with E-state index in [1.54, 1.807) is 6.07 Å². The molecule has 4 rings (SSSR count). The van der Waals surface area contributed by atoms with Gasteiger partial charge in [0.25, 0.3) is 5.91 Å². The number of ether oxygens (including phenoxy) is 2. The Labute approximate surface area is 193 Å². The van der Waals surface area contributed by atoms with Crippen LogP contribution in [0, 0.1) is 0 Å². The highest BCUT2D eigenvalue weighted by atomic mass is 16.5. The minimum Gasteiger partial charge on any atom is -0.489 e. The Hall–Kier alpha value is -4.12. The van der Waals surface area contributed by atoms with Gasteiger partial charge in [-0.15, -0.1) is 0 Å². The van der Waals surface area contributed by atoms with Gasteiger partial charge in [-0.3, -0.25) is 4.79 Å². The van der Waals surface area contributed by atoms with E-state index in [2.05, 4.69) is 5.32 Å². The Kier molecular flexibility index (Phi) is 7.00. The van der Waals surface area contributed by atoms with Crippen molar-refractivity contribution in [3.05, 3.63) is 114 Å². The number of hydrogen-bond acceptors (Lipinski definition) is 4.